The molecule has 0 aliphatic heterocycles. The zero-order chi connectivity index (χ0) is 12.3. The van der Waals surface area contributed by atoms with E-state index in [2.05, 4.69) is 20.6 Å². The fourth-order valence-corrected chi connectivity index (χ4v) is 1.26. The van der Waals surface area contributed by atoms with E-state index < -0.39 is 0 Å². The van der Waals surface area contributed by atoms with Crippen LogP contribution in [0.5, 0.6) is 0 Å². The maximum atomic E-state index is 11.7. The number of hydrogen-bond acceptors (Lipinski definition) is 5. The lowest BCUT2D eigenvalue weighted by Crippen LogP contribution is -2.14. The fourth-order valence-electron chi connectivity index (χ4n) is 1.26. The number of nitrogens with two attached hydrogens (primary N) is 1. The van der Waals surface area contributed by atoms with E-state index in [1.165, 1.54) is 12.1 Å². The van der Waals surface area contributed by atoms with Gasteiger partial charge in [0, 0.05) is 12.7 Å². The van der Waals surface area contributed by atoms with Gasteiger partial charge in [-0.3, -0.25) is 9.48 Å². The summed E-state index contributed by atoms with van der Waals surface area (Å²) in [5.41, 5.74) is 6.21. The molecule has 2 rings (SSSR count). The van der Waals surface area contributed by atoms with E-state index in [0.29, 0.717) is 5.69 Å². The number of aryl methyl sites for hydroxylation is 1. The largest absolute Gasteiger partial charge is 0.382 e. The van der Waals surface area contributed by atoms with Crippen LogP contribution >= 0.6 is 0 Å². The number of nitrogen functional groups attached to an aromatic ring is 1. The van der Waals surface area contributed by atoms with Gasteiger partial charge in [-0.15, -0.1) is 10.2 Å². The summed E-state index contributed by atoms with van der Waals surface area (Å²) in [7, 11) is 0. The maximum absolute atomic E-state index is 11.7. The Morgan fingerprint density at radius 2 is 2.29 bits per heavy atom. The van der Waals surface area contributed by atoms with Crippen molar-refractivity contribution >= 4 is 17.4 Å². The van der Waals surface area contributed by atoms with E-state index in [9.17, 15) is 4.79 Å². The highest BCUT2D eigenvalue weighted by molar-refractivity contribution is 6.02. The van der Waals surface area contributed by atoms with Gasteiger partial charge in [-0.1, -0.05) is 0 Å². The lowest BCUT2D eigenvalue weighted by Gasteiger charge is -2.00. The maximum Gasteiger partial charge on any atom is 0.276 e. The van der Waals surface area contributed by atoms with Gasteiger partial charge in [-0.2, -0.15) is 5.10 Å². The van der Waals surface area contributed by atoms with Gasteiger partial charge >= 0.3 is 0 Å². The molecule has 0 unspecified atom stereocenters. The van der Waals surface area contributed by atoms with Crippen LogP contribution in [0.15, 0.2) is 24.5 Å². The van der Waals surface area contributed by atoms with Crippen molar-refractivity contribution in [2.75, 3.05) is 11.1 Å². The molecular weight excluding hydrogens is 220 g/mol. The summed E-state index contributed by atoms with van der Waals surface area (Å²) in [4.78, 5) is 11.7. The van der Waals surface area contributed by atoms with Crippen molar-refractivity contribution in [2.45, 2.75) is 13.5 Å². The molecule has 17 heavy (non-hydrogen) atoms. The smallest absolute Gasteiger partial charge is 0.276 e. The summed E-state index contributed by atoms with van der Waals surface area (Å²) in [6.45, 7) is 2.71. The second-order valence-corrected chi connectivity index (χ2v) is 3.38. The quantitative estimate of drug-likeness (QED) is 0.804. The molecule has 2 aromatic heterocycles. The van der Waals surface area contributed by atoms with Crippen molar-refractivity contribution in [1.29, 1.82) is 0 Å². The molecule has 7 nitrogen and oxygen atoms in total. The van der Waals surface area contributed by atoms with Crippen molar-refractivity contribution in [3.8, 4) is 0 Å². The summed E-state index contributed by atoms with van der Waals surface area (Å²) in [5.74, 6) is -0.0616. The third kappa shape index (κ3) is 2.57. The zero-order valence-electron chi connectivity index (χ0n) is 9.29. The topological polar surface area (TPSA) is 98.7 Å². The molecule has 0 aliphatic rings. The summed E-state index contributed by atoms with van der Waals surface area (Å²) in [5, 5.41) is 14.0. The SMILES string of the molecule is CCn1cc(NC(=O)c2ccc(N)nn2)cn1. The molecule has 7 heteroatoms. The van der Waals surface area contributed by atoms with Crippen molar-refractivity contribution in [1.82, 2.24) is 20.0 Å². The Bertz CT molecular complexity index is 518. The molecule has 0 saturated carbocycles. The molecule has 0 radical (unpaired) electrons. The van der Waals surface area contributed by atoms with E-state index in [0.717, 1.165) is 6.54 Å². The average molecular weight is 232 g/mol. The number of carbonyl (C=O) groups is 1. The number of rotatable bonds is 3. The predicted octanol–water partition coefficient (Wildman–Crippen LogP) is 0.527. The highest BCUT2D eigenvalue weighted by Gasteiger charge is 2.09. The lowest BCUT2D eigenvalue weighted by atomic mass is 10.3. The van der Waals surface area contributed by atoms with Crippen LogP contribution in [0.1, 0.15) is 17.4 Å². The van der Waals surface area contributed by atoms with E-state index in [1.54, 1.807) is 17.1 Å². The van der Waals surface area contributed by atoms with Gasteiger partial charge in [-0.05, 0) is 19.1 Å². The second kappa shape index (κ2) is 4.60. The molecule has 2 aromatic rings. The fraction of sp³-hybridized carbons (Fsp3) is 0.200. The number of hydrogen-bond donors (Lipinski definition) is 2. The van der Waals surface area contributed by atoms with E-state index in [1.807, 2.05) is 6.92 Å². The molecule has 2 heterocycles. The van der Waals surface area contributed by atoms with Gasteiger partial charge in [-0.25, -0.2) is 0 Å². The molecule has 0 aromatic carbocycles. The standard InChI is InChI=1S/C10H12N6O/c1-2-16-6-7(5-12-16)13-10(17)8-3-4-9(11)15-14-8/h3-6H,2H2,1H3,(H2,11,15)(H,13,17). The molecule has 0 aliphatic carbocycles. The van der Waals surface area contributed by atoms with Gasteiger partial charge in [0.25, 0.3) is 5.91 Å². The summed E-state index contributed by atoms with van der Waals surface area (Å²) >= 11 is 0. The van der Waals surface area contributed by atoms with Gasteiger partial charge in [0.05, 0.1) is 11.9 Å². The van der Waals surface area contributed by atoms with Crippen LogP contribution in [0.4, 0.5) is 11.5 Å². The monoisotopic (exact) mass is 232 g/mol. The number of carbonyl (C=O) groups excluding carboxylic acids is 1. The van der Waals surface area contributed by atoms with Crippen molar-refractivity contribution < 1.29 is 4.79 Å². The molecule has 0 spiro atoms. The predicted molar refractivity (Wildman–Crippen MR) is 62.3 cm³/mol. The number of amides is 1. The lowest BCUT2D eigenvalue weighted by molar-refractivity contribution is 0.102. The average Bonchev–Trinajstić information content (AvgIpc) is 2.77. The van der Waals surface area contributed by atoms with Crippen LogP contribution in [0, 0.1) is 0 Å². The van der Waals surface area contributed by atoms with Crippen LogP contribution in [0.2, 0.25) is 0 Å². The minimum Gasteiger partial charge on any atom is -0.382 e. The highest BCUT2D eigenvalue weighted by Crippen LogP contribution is 2.07. The molecule has 3 N–H and O–H groups in total. The summed E-state index contributed by atoms with van der Waals surface area (Å²) in [6.07, 6.45) is 3.31. The van der Waals surface area contributed by atoms with Crippen LogP contribution in [-0.2, 0) is 6.54 Å². The second-order valence-electron chi connectivity index (χ2n) is 3.38. The first-order valence-electron chi connectivity index (χ1n) is 5.12. The Labute approximate surface area is 97.6 Å². The van der Waals surface area contributed by atoms with Gasteiger partial charge < -0.3 is 11.1 Å². The van der Waals surface area contributed by atoms with Crippen LogP contribution in [-0.4, -0.2) is 25.9 Å². The molecule has 0 saturated heterocycles. The van der Waals surface area contributed by atoms with E-state index >= 15 is 0 Å². The molecule has 0 atom stereocenters. The first kappa shape index (κ1) is 11.1. The number of aromatic nitrogens is 4. The van der Waals surface area contributed by atoms with Crippen LogP contribution < -0.4 is 11.1 Å². The Kier molecular flexibility index (Phi) is 2.99. The van der Waals surface area contributed by atoms with Crippen LogP contribution in [0.25, 0.3) is 0 Å². The molecule has 0 fully saturated rings. The van der Waals surface area contributed by atoms with Crippen molar-refractivity contribution in [3.63, 3.8) is 0 Å². The van der Waals surface area contributed by atoms with E-state index in [-0.39, 0.29) is 17.4 Å². The highest BCUT2D eigenvalue weighted by atomic mass is 16.1. The van der Waals surface area contributed by atoms with Gasteiger partial charge in [0.15, 0.2) is 5.69 Å². The van der Waals surface area contributed by atoms with Gasteiger partial charge in [0.2, 0.25) is 0 Å². The molecular formula is C10H12N6O. The van der Waals surface area contributed by atoms with Crippen LogP contribution in [0.3, 0.4) is 0 Å². The molecule has 0 bridgehead atoms. The number of nitrogens with zero attached hydrogens (tertiary/aromatic N) is 4. The number of anilines is 2. The van der Waals surface area contributed by atoms with Crippen molar-refractivity contribution in [2.24, 2.45) is 0 Å². The third-order valence-electron chi connectivity index (χ3n) is 2.13. The Hall–Kier alpha value is -2.44. The zero-order valence-corrected chi connectivity index (χ0v) is 9.29. The Balaban J connectivity index is 2.08. The minimum atomic E-state index is -0.340. The Morgan fingerprint density at radius 3 is 2.88 bits per heavy atom. The first-order valence-corrected chi connectivity index (χ1v) is 5.12. The van der Waals surface area contributed by atoms with E-state index in [4.69, 9.17) is 5.73 Å². The van der Waals surface area contributed by atoms with Crippen molar-refractivity contribution in [3.05, 3.63) is 30.2 Å². The minimum absolute atomic E-state index is 0.212. The first-order chi connectivity index (χ1) is 8.19. The summed E-state index contributed by atoms with van der Waals surface area (Å²) in [6, 6.07) is 3.04. The Morgan fingerprint density at radius 1 is 1.47 bits per heavy atom. The molecule has 1 amide bonds. The number of nitrogens with one attached hydrogen (secondary N) is 1. The normalized spacial score (nSPS) is 10.2. The summed E-state index contributed by atoms with van der Waals surface area (Å²) < 4.78 is 1.71. The third-order valence-corrected chi connectivity index (χ3v) is 2.13. The molecule has 88 valence electrons. The van der Waals surface area contributed by atoms with Gasteiger partial charge in [0.1, 0.15) is 5.82 Å².